The summed E-state index contributed by atoms with van der Waals surface area (Å²) in [6.45, 7) is 5.65. The van der Waals surface area contributed by atoms with Crippen LogP contribution in [0, 0.1) is 6.92 Å². The van der Waals surface area contributed by atoms with Crippen molar-refractivity contribution in [1.29, 1.82) is 0 Å². The van der Waals surface area contributed by atoms with Crippen LogP contribution in [0.5, 0.6) is 0 Å². The standard InChI is InChI=1S/C18H23N3O3S/c1-11(2)24-18(23)16-13-6-4-5-7-14(13)25-17(16)19-15(22)10-21-9-8-12(3)20-21/h8-9,11H,4-7,10H2,1-3H3,(H,19,22). The van der Waals surface area contributed by atoms with Gasteiger partial charge in [0, 0.05) is 11.1 Å². The van der Waals surface area contributed by atoms with Crippen LogP contribution in [-0.2, 0) is 28.9 Å². The molecule has 1 aliphatic rings. The molecule has 1 N–H and O–H groups in total. The first-order chi connectivity index (χ1) is 11.9. The van der Waals surface area contributed by atoms with Gasteiger partial charge in [-0.15, -0.1) is 11.3 Å². The second-order valence-corrected chi connectivity index (χ2v) is 7.68. The van der Waals surface area contributed by atoms with Crippen molar-refractivity contribution in [2.45, 2.75) is 59.1 Å². The summed E-state index contributed by atoms with van der Waals surface area (Å²) < 4.78 is 6.99. The summed E-state index contributed by atoms with van der Waals surface area (Å²) in [6, 6.07) is 1.85. The van der Waals surface area contributed by atoms with Crippen molar-refractivity contribution in [1.82, 2.24) is 9.78 Å². The number of fused-ring (bicyclic) bond motifs is 1. The Kier molecular flexibility index (Phi) is 5.22. The minimum atomic E-state index is -0.348. The minimum Gasteiger partial charge on any atom is -0.459 e. The van der Waals surface area contributed by atoms with Gasteiger partial charge in [-0.1, -0.05) is 0 Å². The number of amides is 1. The second kappa shape index (κ2) is 7.39. The Morgan fingerprint density at radius 2 is 2.12 bits per heavy atom. The summed E-state index contributed by atoms with van der Waals surface area (Å²) in [6.07, 6.45) is 5.57. The molecule has 0 fully saturated rings. The van der Waals surface area contributed by atoms with E-state index in [1.165, 1.54) is 16.2 Å². The van der Waals surface area contributed by atoms with Gasteiger partial charge in [0.1, 0.15) is 11.5 Å². The molecule has 3 rings (SSSR count). The third kappa shape index (κ3) is 4.10. The molecule has 2 aromatic heterocycles. The summed E-state index contributed by atoms with van der Waals surface area (Å²) in [5, 5.41) is 7.72. The number of esters is 1. The van der Waals surface area contributed by atoms with Crippen molar-refractivity contribution in [2.24, 2.45) is 0 Å². The zero-order valence-electron chi connectivity index (χ0n) is 14.8. The van der Waals surface area contributed by atoms with E-state index in [9.17, 15) is 9.59 Å². The highest BCUT2D eigenvalue weighted by molar-refractivity contribution is 7.17. The van der Waals surface area contributed by atoms with Crippen molar-refractivity contribution in [3.63, 3.8) is 0 Å². The van der Waals surface area contributed by atoms with Crippen LogP contribution in [-0.4, -0.2) is 27.8 Å². The van der Waals surface area contributed by atoms with Gasteiger partial charge in [-0.2, -0.15) is 5.10 Å². The first-order valence-electron chi connectivity index (χ1n) is 8.59. The molecule has 2 heterocycles. The molecule has 0 unspecified atom stereocenters. The molecule has 1 aliphatic carbocycles. The summed E-state index contributed by atoms with van der Waals surface area (Å²) in [5.41, 5.74) is 2.45. The number of carbonyl (C=O) groups excluding carboxylic acids is 2. The van der Waals surface area contributed by atoms with E-state index in [1.54, 1.807) is 10.9 Å². The summed E-state index contributed by atoms with van der Waals surface area (Å²) >= 11 is 1.50. The minimum absolute atomic E-state index is 0.120. The van der Waals surface area contributed by atoms with E-state index in [-0.39, 0.29) is 24.5 Å². The van der Waals surface area contributed by atoms with Crippen molar-refractivity contribution in [3.8, 4) is 0 Å². The average Bonchev–Trinajstić information content (AvgIpc) is 3.09. The topological polar surface area (TPSA) is 73.2 Å². The number of aryl methyl sites for hydroxylation is 2. The number of carbonyl (C=O) groups is 2. The van der Waals surface area contributed by atoms with Crippen molar-refractivity contribution in [3.05, 3.63) is 34.0 Å². The van der Waals surface area contributed by atoms with Gasteiger partial charge in [0.2, 0.25) is 5.91 Å². The Hall–Kier alpha value is -2.15. The normalized spacial score (nSPS) is 13.6. The fourth-order valence-corrected chi connectivity index (χ4v) is 4.30. The van der Waals surface area contributed by atoms with Gasteiger partial charge in [-0.3, -0.25) is 9.48 Å². The van der Waals surface area contributed by atoms with Crippen LogP contribution >= 0.6 is 11.3 Å². The fraction of sp³-hybridized carbons (Fsp3) is 0.500. The molecule has 134 valence electrons. The van der Waals surface area contributed by atoms with Crippen LogP contribution in [0.2, 0.25) is 0 Å². The Bertz CT molecular complexity index is 792. The molecule has 2 aromatic rings. The third-order valence-corrected chi connectivity index (χ3v) is 5.26. The predicted molar refractivity (Wildman–Crippen MR) is 97.1 cm³/mol. The highest BCUT2D eigenvalue weighted by Crippen LogP contribution is 2.38. The zero-order valence-corrected chi connectivity index (χ0v) is 15.6. The van der Waals surface area contributed by atoms with Crippen LogP contribution < -0.4 is 5.32 Å². The van der Waals surface area contributed by atoms with Crippen molar-refractivity contribution in [2.75, 3.05) is 5.32 Å². The predicted octanol–water partition coefficient (Wildman–Crippen LogP) is 3.34. The smallest absolute Gasteiger partial charge is 0.341 e. The van der Waals surface area contributed by atoms with E-state index in [0.29, 0.717) is 10.6 Å². The number of aromatic nitrogens is 2. The maximum Gasteiger partial charge on any atom is 0.341 e. The van der Waals surface area contributed by atoms with Crippen LogP contribution in [0.25, 0.3) is 0 Å². The van der Waals surface area contributed by atoms with Gasteiger partial charge in [-0.05, 0) is 58.1 Å². The van der Waals surface area contributed by atoms with Crippen molar-refractivity contribution >= 4 is 28.2 Å². The first-order valence-corrected chi connectivity index (χ1v) is 9.41. The molecule has 0 aromatic carbocycles. The monoisotopic (exact) mass is 361 g/mol. The molecule has 0 spiro atoms. The maximum atomic E-state index is 12.6. The Morgan fingerprint density at radius 1 is 1.36 bits per heavy atom. The molecular weight excluding hydrogens is 338 g/mol. The molecule has 0 bridgehead atoms. The number of anilines is 1. The van der Waals surface area contributed by atoms with Crippen LogP contribution in [0.15, 0.2) is 12.3 Å². The van der Waals surface area contributed by atoms with E-state index < -0.39 is 0 Å². The maximum absolute atomic E-state index is 12.6. The quantitative estimate of drug-likeness (QED) is 0.829. The van der Waals surface area contributed by atoms with Crippen LogP contribution in [0.4, 0.5) is 5.00 Å². The van der Waals surface area contributed by atoms with Crippen LogP contribution in [0.1, 0.15) is 53.2 Å². The lowest BCUT2D eigenvalue weighted by Crippen LogP contribution is -2.21. The van der Waals surface area contributed by atoms with Gasteiger partial charge < -0.3 is 10.1 Å². The molecule has 0 aliphatic heterocycles. The summed E-state index contributed by atoms with van der Waals surface area (Å²) in [4.78, 5) is 26.1. The van der Waals surface area contributed by atoms with Crippen molar-refractivity contribution < 1.29 is 14.3 Å². The van der Waals surface area contributed by atoms with Gasteiger partial charge in [0.05, 0.1) is 17.4 Å². The number of hydrogen-bond donors (Lipinski definition) is 1. The van der Waals surface area contributed by atoms with Crippen LogP contribution in [0.3, 0.4) is 0 Å². The number of hydrogen-bond acceptors (Lipinski definition) is 5. The molecule has 25 heavy (non-hydrogen) atoms. The van der Waals surface area contributed by atoms with E-state index in [2.05, 4.69) is 10.4 Å². The highest BCUT2D eigenvalue weighted by atomic mass is 32.1. The fourth-order valence-electron chi connectivity index (χ4n) is 3.01. The number of nitrogens with one attached hydrogen (secondary N) is 1. The lowest BCUT2D eigenvalue weighted by molar-refractivity contribution is -0.116. The lowest BCUT2D eigenvalue weighted by Gasteiger charge is -2.14. The van der Waals surface area contributed by atoms with Gasteiger partial charge in [0.15, 0.2) is 0 Å². The van der Waals surface area contributed by atoms with E-state index >= 15 is 0 Å². The van der Waals surface area contributed by atoms with E-state index in [0.717, 1.165) is 36.9 Å². The molecule has 0 saturated carbocycles. The average molecular weight is 361 g/mol. The lowest BCUT2D eigenvalue weighted by atomic mass is 9.95. The molecule has 0 radical (unpaired) electrons. The number of rotatable bonds is 5. The third-order valence-electron chi connectivity index (χ3n) is 4.05. The Morgan fingerprint density at radius 3 is 2.80 bits per heavy atom. The first kappa shape index (κ1) is 17.7. The molecule has 7 heteroatoms. The van der Waals surface area contributed by atoms with E-state index in [4.69, 9.17) is 4.74 Å². The SMILES string of the molecule is Cc1ccn(CC(=O)Nc2sc3c(c2C(=O)OC(C)C)CCCC3)n1. The zero-order chi connectivity index (χ0) is 18.0. The summed E-state index contributed by atoms with van der Waals surface area (Å²) in [5.74, 6) is -0.542. The largest absolute Gasteiger partial charge is 0.459 e. The number of thiophene rings is 1. The molecule has 6 nitrogen and oxygen atoms in total. The van der Waals surface area contributed by atoms with Gasteiger partial charge in [0.25, 0.3) is 0 Å². The second-order valence-electron chi connectivity index (χ2n) is 6.57. The highest BCUT2D eigenvalue weighted by Gasteiger charge is 2.27. The Balaban J connectivity index is 1.83. The Labute approximate surface area is 151 Å². The number of ether oxygens (including phenoxy) is 1. The van der Waals surface area contributed by atoms with E-state index in [1.807, 2.05) is 26.8 Å². The van der Waals surface area contributed by atoms with Gasteiger partial charge in [-0.25, -0.2) is 4.79 Å². The summed E-state index contributed by atoms with van der Waals surface area (Å²) in [7, 11) is 0. The number of nitrogens with zero attached hydrogens (tertiary/aromatic N) is 2. The molecule has 1 amide bonds. The molecular formula is C18H23N3O3S. The molecule has 0 atom stereocenters. The molecule has 0 saturated heterocycles. The van der Waals surface area contributed by atoms with Gasteiger partial charge >= 0.3 is 5.97 Å².